The molecule has 5 nitrogen and oxygen atoms in total. The smallest absolute Gasteiger partial charge is 0.252 e. The summed E-state index contributed by atoms with van der Waals surface area (Å²) in [7, 11) is 0. The number of amides is 1. The Bertz CT molecular complexity index is 583. The fourth-order valence-corrected chi connectivity index (χ4v) is 2.16. The van der Waals surface area contributed by atoms with Gasteiger partial charge in [0.05, 0.1) is 6.04 Å². The molecule has 106 valence electrons. The molecule has 2 aromatic heterocycles. The molecule has 0 fully saturated rings. The predicted octanol–water partition coefficient (Wildman–Crippen LogP) is 2.90. The SMILES string of the molecule is CCCc1cc(C(=O)NC(C)c2ncc[nH]2)cc(Cl)n1. The number of carbonyl (C=O) groups is 1. The van der Waals surface area contributed by atoms with Crippen molar-refractivity contribution < 1.29 is 4.79 Å². The van der Waals surface area contributed by atoms with Crippen LogP contribution < -0.4 is 5.32 Å². The number of aromatic nitrogens is 3. The summed E-state index contributed by atoms with van der Waals surface area (Å²) in [5, 5.41) is 3.22. The van der Waals surface area contributed by atoms with Crippen LogP contribution in [0.15, 0.2) is 24.5 Å². The summed E-state index contributed by atoms with van der Waals surface area (Å²) in [4.78, 5) is 23.5. The first-order valence-electron chi connectivity index (χ1n) is 6.56. The highest BCUT2D eigenvalue weighted by atomic mass is 35.5. The zero-order valence-corrected chi connectivity index (χ0v) is 12.2. The van der Waals surface area contributed by atoms with Crippen molar-refractivity contribution in [2.24, 2.45) is 0 Å². The quantitative estimate of drug-likeness (QED) is 0.833. The molecule has 1 amide bonds. The van der Waals surface area contributed by atoms with Gasteiger partial charge in [0.1, 0.15) is 11.0 Å². The minimum Gasteiger partial charge on any atom is -0.347 e. The highest BCUT2D eigenvalue weighted by Crippen LogP contribution is 2.14. The molecule has 0 saturated heterocycles. The topological polar surface area (TPSA) is 70.7 Å². The number of nitrogens with zero attached hydrogens (tertiary/aromatic N) is 2. The normalized spacial score (nSPS) is 12.2. The van der Waals surface area contributed by atoms with E-state index in [0.717, 1.165) is 18.5 Å². The molecule has 2 heterocycles. The van der Waals surface area contributed by atoms with Gasteiger partial charge in [0.2, 0.25) is 0 Å². The number of hydrogen-bond donors (Lipinski definition) is 2. The van der Waals surface area contributed by atoms with Crippen molar-refractivity contribution in [1.82, 2.24) is 20.3 Å². The number of halogens is 1. The van der Waals surface area contributed by atoms with Crippen molar-refractivity contribution in [3.05, 3.63) is 46.8 Å². The van der Waals surface area contributed by atoms with Crippen LogP contribution in [0.4, 0.5) is 0 Å². The predicted molar refractivity (Wildman–Crippen MR) is 77.7 cm³/mol. The maximum absolute atomic E-state index is 12.2. The summed E-state index contributed by atoms with van der Waals surface area (Å²) in [5.41, 5.74) is 1.35. The third-order valence-corrected chi connectivity index (χ3v) is 3.09. The van der Waals surface area contributed by atoms with Crippen LogP contribution in [0.5, 0.6) is 0 Å². The van der Waals surface area contributed by atoms with Crippen molar-refractivity contribution in [3.8, 4) is 0 Å². The van der Waals surface area contributed by atoms with Crippen LogP contribution in [0.3, 0.4) is 0 Å². The maximum Gasteiger partial charge on any atom is 0.252 e. The zero-order valence-electron chi connectivity index (χ0n) is 11.5. The molecule has 0 spiro atoms. The van der Waals surface area contributed by atoms with Gasteiger partial charge in [0.25, 0.3) is 5.91 Å². The first-order chi connectivity index (χ1) is 9.60. The van der Waals surface area contributed by atoms with E-state index in [1.165, 1.54) is 0 Å². The summed E-state index contributed by atoms with van der Waals surface area (Å²) >= 11 is 5.96. The Hall–Kier alpha value is -1.88. The standard InChI is InChI=1S/C14H17ClN4O/c1-3-4-11-7-10(8-12(15)19-11)14(20)18-9(2)13-16-5-6-17-13/h5-9H,3-4H2,1-2H3,(H,16,17)(H,18,20). The Balaban J connectivity index is 2.12. The fourth-order valence-electron chi connectivity index (χ4n) is 1.93. The molecule has 0 aliphatic heterocycles. The molecular weight excluding hydrogens is 276 g/mol. The number of H-pyrrole nitrogens is 1. The van der Waals surface area contributed by atoms with Crippen molar-refractivity contribution >= 4 is 17.5 Å². The van der Waals surface area contributed by atoms with E-state index in [0.29, 0.717) is 16.5 Å². The van der Waals surface area contributed by atoms with Crippen molar-refractivity contribution in [3.63, 3.8) is 0 Å². The zero-order chi connectivity index (χ0) is 14.5. The lowest BCUT2D eigenvalue weighted by atomic mass is 10.1. The van der Waals surface area contributed by atoms with E-state index in [9.17, 15) is 4.79 Å². The second-order valence-electron chi connectivity index (χ2n) is 4.59. The van der Waals surface area contributed by atoms with E-state index in [2.05, 4.69) is 27.2 Å². The molecule has 0 aliphatic carbocycles. The summed E-state index contributed by atoms with van der Waals surface area (Å²) in [6, 6.07) is 3.16. The third kappa shape index (κ3) is 3.57. The molecule has 0 bridgehead atoms. The minimum absolute atomic E-state index is 0.185. The van der Waals surface area contributed by atoms with Crippen LogP contribution in [0.1, 0.15) is 48.2 Å². The summed E-state index contributed by atoms with van der Waals surface area (Å²) in [6.45, 7) is 3.92. The minimum atomic E-state index is -0.195. The summed E-state index contributed by atoms with van der Waals surface area (Å²) in [6.07, 6.45) is 5.13. The van der Waals surface area contributed by atoms with E-state index in [-0.39, 0.29) is 11.9 Å². The number of hydrogen-bond acceptors (Lipinski definition) is 3. The van der Waals surface area contributed by atoms with Crippen LogP contribution >= 0.6 is 11.6 Å². The molecule has 2 aromatic rings. The molecule has 1 atom stereocenters. The Labute approximate surface area is 122 Å². The van der Waals surface area contributed by atoms with Gasteiger partial charge in [-0.2, -0.15) is 0 Å². The van der Waals surface area contributed by atoms with Crippen LogP contribution in [-0.4, -0.2) is 20.9 Å². The Morgan fingerprint density at radius 3 is 2.95 bits per heavy atom. The highest BCUT2D eigenvalue weighted by molar-refractivity contribution is 6.29. The lowest BCUT2D eigenvalue weighted by Crippen LogP contribution is -2.27. The highest BCUT2D eigenvalue weighted by Gasteiger charge is 2.14. The van der Waals surface area contributed by atoms with Gasteiger partial charge in [0, 0.05) is 23.7 Å². The van der Waals surface area contributed by atoms with Crippen LogP contribution in [-0.2, 0) is 6.42 Å². The van der Waals surface area contributed by atoms with Crippen LogP contribution in [0, 0.1) is 0 Å². The molecule has 0 saturated carbocycles. The first-order valence-corrected chi connectivity index (χ1v) is 6.94. The average molecular weight is 293 g/mol. The van der Waals surface area contributed by atoms with Gasteiger partial charge >= 0.3 is 0 Å². The summed E-state index contributed by atoms with van der Waals surface area (Å²) < 4.78 is 0. The molecule has 0 aliphatic rings. The maximum atomic E-state index is 12.2. The van der Waals surface area contributed by atoms with Gasteiger partial charge in [-0.25, -0.2) is 9.97 Å². The van der Waals surface area contributed by atoms with Crippen molar-refractivity contribution in [2.75, 3.05) is 0 Å². The number of pyridine rings is 1. The number of imidazole rings is 1. The van der Waals surface area contributed by atoms with E-state index < -0.39 is 0 Å². The number of nitrogens with one attached hydrogen (secondary N) is 2. The third-order valence-electron chi connectivity index (χ3n) is 2.89. The van der Waals surface area contributed by atoms with E-state index in [1.807, 2.05) is 6.92 Å². The van der Waals surface area contributed by atoms with Gasteiger partial charge in [0.15, 0.2) is 0 Å². The largest absolute Gasteiger partial charge is 0.347 e. The molecule has 2 N–H and O–H groups in total. The number of rotatable bonds is 5. The van der Waals surface area contributed by atoms with Gasteiger partial charge in [-0.3, -0.25) is 4.79 Å². The molecule has 6 heteroatoms. The second kappa shape index (κ2) is 6.52. The molecule has 0 radical (unpaired) electrons. The Kier molecular flexibility index (Phi) is 4.74. The Morgan fingerprint density at radius 1 is 1.50 bits per heavy atom. The lowest BCUT2D eigenvalue weighted by Gasteiger charge is -2.12. The van der Waals surface area contributed by atoms with Gasteiger partial charge in [-0.15, -0.1) is 0 Å². The molecule has 0 aromatic carbocycles. The van der Waals surface area contributed by atoms with Crippen molar-refractivity contribution in [1.29, 1.82) is 0 Å². The van der Waals surface area contributed by atoms with Gasteiger partial charge < -0.3 is 10.3 Å². The monoisotopic (exact) mass is 292 g/mol. The Morgan fingerprint density at radius 2 is 2.30 bits per heavy atom. The second-order valence-corrected chi connectivity index (χ2v) is 4.98. The fraction of sp³-hybridized carbons (Fsp3) is 0.357. The van der Waals surface area contributed by atoms with Gasteiger partial charge in [-0.05, 0) is 25.5 Å². The molecule has 2 rings (SSSR count). The van der Waals surface area contributed by atoms with Crippen LogP contribution in [0.25, 0.3) is 0 Å². The van der Waals surface area contributed by atoms with Crippen LogP contribution in [0.2, 0.25) is 5.15 Å². The van der Waals surface area contributed by atoms with E-state index in [4.69, 9.17) is 11.6 Å². The molecule has 1 unspecified atom stereocenters. The van der Waals surface area contributed by atoms with E-state index >= 15 is 0 Å². The first kappa shape index (κ1) is 14.5. The van der Waals surface area contributed by atoms with Crippen molar-refractivity contribution in [2.45, 2.75) is 32.7 Å². The van der Waals surface area contributed by atoms with E-state index in [1.54, 1.807) is 24.5 Å². The van der Waals surface area contributed by atoms with Gasteiger partial charge in [-0.1, -0.05) is 24.9 Å². The molecular formula is C14H17ClN4O. The number of aromatic amines is 1. The number of aryl methyl sites for hydroxylation is 1. The lowest BCUT2D eigenvalue weighted by molar-refractivity contribution is 0.0938. The number of carbonyl (C=O) groups excluding carboxylic acids is 1. The average Bonchev–Trinajstić information content (AvgIpc) is 2.92. The summed E-state index contributed by atoms with van der Waals surface area (Å²) in [5.74, 6) is 0.530. The molecule has 20 heavy (non-hydrogen) atoms.